The number of nitrogens with zero attached hydrogens (tertiary/aromatic N) is 1. The highest BCUT2D eigenvalue weighted by Crippen LogP contribution is 2.35. The van der Waals surface area contributed by atoms with E-state index < -0.39 is 0 Å². The van der Waals surface area contributed by atoms with Gasteiger partial charge in [-0.2, -0.15) is 0 Å². The molecule has 1 N–H and O–H groups in total. The monoisotopic (exact) mass is 255 g/mol. The molecule has 96 valence electrons. The van der Waals surface area contributed by atoms with E-state index in [1.54, 1.807) is 29.2 Å². The molecule has 0 bridgehead atoms. The Labute approximate surface area is 110 Å². The lowest BCUT2D eigenvalue weighted by Crippen LogP contribution is -2.37. The summed E-state index contributed by atoms with van der Waals surface area (Å²) in [6.07, 6.45) is 0. The lowest BCUT2D eigenvalue weighted by atomic mass is 10.1. The molecule has 1 amide bonds. The van der Waals surface area contributed by atoms with Crippen molar-refractivity contribution in [3.63, 3.8) is 0 Å². The maximum Gasteiger partial charge on any atom is 0.258 e. The second-order valence-electron chi connectivity index (χ2n) is 4.32. The molecule has 4 heteroatoms. The molecule has 0 aromatic heterocycles. The van der Waals surface area contributed by atoms with E-state index in [2.05, 4.69) is 0 Å². The van der Waals surface area contributed by atoms with Gasteiger partial charge in [-0.3, -0.25) is 4.79 Å². The van der Waals surface area contributed by atoms with Crippen LogP contribution in [0.5, 0.6) is 11.5 Å². The van der Waals surface area contributed by atoms with Gasteiger partial charge in [0.15, 0.2) is 0 Å². The first kappa shape index (κ1) is 11.6. The minimum atomic E-state index is -0.0594. The van der Waals surface area contributed by atoms with Crippen LogP contribution in [0.4, 0.5) is 5.69 Å². The summed E-state index contributed by atoms with van der Waals surface area (Å²) in [5.74, 6) is 0.610. The zero-order valence-electron chi connectivity index (χ0n) is 10.2. The van der Waals surface area contributed by atoms with Gasteiger partial charge in [-0.25, -0.2) is 0 Å². The number of carbonyl (C=O) groups is 1. The van der Waals surface area contributed by atoms with Crippen LogP contribution in [-0.2, 0) is 0 Å². The summed E-state index contributed by atoms with van der Waals surface area (Å²) >= 11 is 0. The van der Waals surface area contributed by atoms with Gasteiger partial charge in [0.1, 0.15) is 18.1 Å². The average Bonchev–Trinajstić information content (AvgIpc) is 2.46. The number of anilines is 1. The standard InChI is InChI=1S/C15H13NO3/c17-12-6-7-13-14(10-12)19-9-8-16(13)15(18)11-4-2-1-3-5-11/h1-7,10,17H,8-9H2. The molecule has 19 heavy (non-hydrogen) atoms. The zero-order valence-corrected chi connectivity index (χ0v) is 10.2. The van der Waals surface area contributed by atoms with E-state index in [4.69, 9.17) is 4.74 Å². The minimum Gasteiger partial charge on any atom is -0.508 e. The van der Waals surface area contributed by atoms with Crippen LogP contribution in [0.15, 0.2) is 48.5 Å². The van der Waals surface area contributed by atoms with Gasteiger partial charge in [0.2, 0.25) is 0 Å². The summed E-state index contributed by atoms with van der Waals surface area (Å²) in [5.41, 5.74) is 1.33. The quantitative estimate of drug-likeness (QED) is 0.851. The number of hydrogen-bond acceptors (Lipinski definition) is 3. The molecule has 4 nitrogen and oxygen atoms in total. The number of aromatic hydroxyl groups is 1. The fourth-order valence-electron chi connectivity index (χ4n) is 2.16. The number of amides is 1. The molecular formula is C15H13NO3. The van der Waals surface area contributed by atoms with E-state index in [-0.39, 0.29) is 11.7 Å². The van der Waals surface area contributed by atoms with Crippen molar-refractivity contribution in [2.24, 2.45) is 0 Å². The summed E-state index contributed by atoms with van der Waals surface area (Å²) in [6.45, 7) is 0.931. The molecule has 0 saturated carbocycles. The molecule has 0 aliphatic carbocycles. The van der Waals surface area contributed by atoms with Crippen LogP contribution in [0.3, 0.4) is 0 Å². The fourth-order valence-corrected chi connectivity index (χ4v) is 2.16. The first-order chi connectivity index (χ1) is 9.25. The van der Waals surface area contributed by atoms with E-state index in [0.717, 1.165) is 0 Å². The molecule has 1 aliphatic heterocycles. The summed E-state index contributed by atoms with van der Waals surface area (Å²) in [6, 6.07) is 13.9. The highest BCUT2D eigenvalue weighted by Gasteiger charge is 2.24. The van der Waals surface area contributed by atoms with Crippen LogP contribution in [0.25, 0.3) is 0 Å². The summed E-state index contributed by atoms with van der Waals surface area (Å²) in [7, 11) is 0. The molecule has 0 fully saturated rings. The van der Waals surface area contributed by atoms with E-state index in [1.165, 1.54) is 6.07 Å². The van der Waals surface area contributed by atoms with Crippen molar-refractivity contribution in [2.75, 3.05) is 18.1 Å². The van der Waals surface area contributed by atoms with Crippen LogP contribution in [0.2, 0.25) is 0 Å². The largest absolute Gasteiger partial charge is 0.508 e. The predicted octanol–water partition coefficient (Wildman–Crippen LogP) is 2.43. The zero-order chi connectivity index (χ0) is 13.2. The maximum absolute atomic E-state index is 12.5. The number of fused-ring (bicyclic) bond motifs is 1. The maximum atomic E-state index is 12.5. The number of rotatable bonds is 1. The first-order valence-electron chi connectivity index (χ1n) is 6.08. The van der Waals surface area contributed by atoms with Crippen molar-refractivity contribution in [1.82, 2.24) is 0 Å². The van der Waals surface area contributed by atoms with Gasteiger partial charge in [0, 0.05) is 11.6 Å². The number of hydrogen-bond donors (Lipinski definition) is 1. The molecule has 0 atom stereocenters. The molecule has 1 heterocycles. The molecule has 0 radical (unpaired) electrons. The lowest BCUT2D eigenvalue weighted by molar-refractivity contribution is 0.0976. The van der Waals surface area contributed by atoms with Crippen molar-refractivity contribution >= 4 is 11.6 Å². The van der Waals surface area contributed by atoms with Gasteiger partial charge in [0.05, 0.1) is 12.2 Å². The van der Waals surface area contributed by atoms with Gasteiger partial charge in [-0.05, 0) is 24.3 Å². The third-order valence-corrected chi connectivity index (χ3v) is 3.07. The number of benzene rings is 2. The van der Waals surface area contributed by atoms with Crippen molar-refractivity contribution in [2.45, 2.75) is 0 Å². The number of carbonyl (C=O) groups excluding carboxylic acids is 1. The normalized spacial score (nSPS) is 13.6. The van der Waals surface area contributed by atoms with E-state index in [0.29, 0.717) is 30.2 Å². The van der Waals surface area contributed by atoms with Crippen LogP contribution in [0, 0.1) is 0 Å². The molecule has 0 spiro atoms. The summed E-state index contributed by atoms with van der Waals surface area (Å²) < 4.78 is 5.47. The number of phenolic OH excluding ortho intramolecular Hbond substituents is 1. The summed E-state index contributed by atoms with van der Waals surface area (Å²) in [4.78, 5) is 14.1. The van der Waals surface area contributed by atoms with Crippen molar-refractivity contribution in [3.05, 3.63) is 54.1 Å². The Balaban J connectivity index is 1.98. The summed E-state index contributed by atoms with van der Waals surface area (Å²) in [5, 5.41) is 9.45. The lowest BCUT2D eigenvalue weighted by Gasteiger charge is -2.29. The van der Waals surface area contributed by atoms with Crippen LogP contribution >= 0.6 is 0 Å². The van der Waals surface area contributed by atoms with Gasteiger partial charge < -0.3 is 14.7 Å². The smallest absolute Gasteiger partial charge is 0.258 e. The van der Waals surface area contributed by atoms with Crippen molar-refractivity contribution < 1.29 is 14.6 Å². The Morgan fingerprint density at radius 2 is 1.95 bits per heavy atom. The minimum absolute atomic E-state index is 0.0594. The third-order valence-electron chi connectivity index (χ3n) is 3.07. The highest BCUT2D eigenvalue weighted by atomic mass is 16.5. The van der Waals surface area contributed by atoms with E-state index in [9.17, 15) is 9.90 Å². The van der Waals surface area contributed by atoms with Gasteiger partial charge in [-0.15, -0.1) is 0 Å². The second-order valence-corrected chi connectivity index (χ2v) is 4.32. The third kappa shape index (κ3) is 2.12. The number of ether oxygens (including phenoxy) is 1. The Morgan fingerprint density at radius 3 is 2.74 bits per heavy atom. The van der Waals surface area contributed by atoms with Crippen LogP contribution < -0.4 is 9.64 Å². The Morgan fingerprint density at radius 1 is 1.16 bits per heavy atom. The van der Waals surface area contributed by atoms with Gasteiger partial charge in [-0.1, -0.05) is 18.2 Å². The molecular weight excluding hydrogens is 242 g/mol. The Hall–Kier alpha value is -2.49. The molecule has 3 rings (SSSR count). The van der Waals surface area contributed by atoms with Crippen molar-refractivity contribution in [3.8, 4) is 11.5 Å². The topological polar surface area (TPSA) is 49.8 Å². The molecule has 0 unspecified atom stereocenters. The number of phenols is 1. The van der Waals surface area contributed by atoms with Crippen LogP contribution in [0.1, 0.15) is 10.4 Å². The molecule has 1 aliphatic rings. The Bertz CT molecular complexity index is 610. The van der Waals surface area contributed by atoms with Gasteiger partial charge >= 0.3 is 0 Å². The van der Waals surface area contributed by atoms with Gasteiger partial charge in [0.25, 0.3) is 5.91 Å². The molecule has 0 saturated heterocycles. The average molecular weight is 255 g/mol. The fraction of sp³-hybridized carbons (Fsp3) is 0.133. The van der Waals surface area contributed by atoms with E-state index >= 15 is 0 Å². The molecule has 2 aromatic rings. The second kappa shape index (κ2) is 4.65. The molecule has 2 aromatic carbocycles. The van der Waals surface area contributed by atoms with E-state index in [1.807, 2.05) is 18.2 Å². The Kier molecular flexibility index (Phi) is 2.83. The first-order valence-corrected chi connectivity index (χ1v) is 6.08. The highest BCUT2D eigenvalue weighted by molar-refractivity contribution is 6.07. The van der Waals surface area contributed by atoms with Crippen molar-refractivity contribution in [1.29, 1.82) is 0 Å². The SMILES string of the molecule is O=C(c1ccccc1)N1CCOc2cc(O)ccc21. The van der Waals surface area contributed by atoms with Crippen LogP contribution in [-0.4, -0.2) is 24.2 Å². The predicted molar refractivity (Wildman–Crippen MR) is 71.7 cm³/mol.